The Kier molecular flexibility index (Phi) is 11.1. The van der Waals surface area contributed by atoms with Crippen LogP contribution >= 0.6 is 23.2 Å². The highest BCUT2D eigenvalue weighted by atomic mass is 35.5. The van der Waals surface area contributed by atoms with Crippen molar-refractivity contribution in [2.45, 2.75) is 77.5 Å². The van der Waals surface area contributed by atoms with Gasteiger partial charge in [0.1, 0.15) is 39.9 Å². The molecule has 5 atom stereocenters. The first-order chi connectivity index (χ1) is 23.0. The summed E-state index contributed by atoms with van der Waals surface area (Å²) in [6.45, 7) is 14.3. The minimum absolute atomic E-state index is 0.0239. The van der Waals surface area contributed by atoms with Gasteiger partial charge in [0, 0.05) is 46.0 Å². The van der Waals surface area contributed by atoms with Crippen LogP contribution in [0.3, 0.4) is 0 Å². The first kappa shape index (κ1) is 37.2. The summed E-state index contributed by atoms with van der Waals surface area (Å²) in [6.07, 6.45) is 3.38. The van der Waals surface area contributed by atoms with Gasteiger partial charge >= 0.3 is 6.03 Å². The van der Waals surface area contributed by atoms with E-state index in [1.807, 2.05) is 74.2 Å². The monoisotopic (exact) mass is 727 g/mol. The first-order valence-corrected chi connectivity index (χ1v) is 19.8. The van der Waals surface area contributed by atoms with Crippen LogP contribution in [0.4, 0.5) is 10.5 Å². The molecule has 0 aromatic heterocycles. The minimum Gasteiger partial charge on any atom is -0.494 e. The second kappa shape index (κ2) is 14.6. The molecular weight excluding hydrogens is 679 g/mol. The number of urea groups is 1. The summed E-state index contributed by atoms with van der Waals surface area (Å²) in [5, 5.41) is 1.22. The van der Waals surface area contributed by atoms with Gasteiger partial charge in [-0.2, -0.15) is 0 Å². The lowest BCUT2D eigenvalue weighted by molar-refractivity contribution is 0.0422. The van der Waals surface area contributed by atoms with E-state index in [1.54, 1.807) is 11.2 Å². The summed E-state index contributed by atoms with van der Waals surface area (Å²) in [7, 11) is -3.23. The van der Waals surface area contributed by atoms with Gasteiger partial charge in [-0.3, -0.25) is 14.4 Å². The molecule has 0 spiro atoms. The molecule has 0 aliphatic carbocycles. The third-order valence-corrected chi connectivity index (χ3v) is 11.6. The first-order valence-electron chi connectivity index (χ1n) is 17.0. The molecule has 2 heterocycles. The Morgan fingerprint density at radius 3 is 2.18 bits per heavy atom. The lowest BCUT2D eigenvalue weighted by atomic mass is 9.84. The number of aliphatic imine (C=N–C) groups is 1. The summed E-state index contributed by atoms with van der Waals surface area (Å²) in [4.78, 5) is 23.1. The molecule has 2 aliphatic heterocycles. The molecule has 5 rings (SSSR count). The number of halogens is 2. The zero-order valence-corrected chi connectivity index (χ0v) is 31.9. The predicted molar refractivity (Wildman–Crippen MR) is 202 cm³/mol. The fraction of sp³-hybridized carbons (Fsp3) is 0.474. The largest absolute Gasteiger partial charge is 0.494 e. The predicted octanol–water partition coefficient (Wildman–Crippen LogP) is 8.47. The minimum atomic E-state index is -3.23. The van der Waals surface area contributed by atoms with E-state index in [4.69, 9.17) is 27.9 Å². The van der Waals surface area contributed by atoms with Gasteiger partial charge in [0.2, 0.25) is 0 Å². The Hall–Kier alpha value is -3.11. The number of rotatable bonds is 9. The smallest absolute Gasteiger partial charge is 0.326 e. The highest BCUT2D eigenvalue weighted by Gasteiger charge is 2.52. The van der Waals surface area contributed by atoms with E-state index in [2.05, 4.69) is 44.0 Å². The van der Waals surface area contributed by atoms with Gasteiger partial charge in [0.15, 0.2) is 0 Å². The number of quaternary nitrogens is 1. The van der Waals surface area contributed by atoms with Crippen molar-refractivity contribution < 1.29 is 17.9 Å². The Balaban J connectivity index is 1.76. The number of piperazine rings is 1. The molecule has 0 radical (unpaired) electrons. The van der Waals surface area contributed by atoms with Crippen LogP contribution < -0.4 is 9.22 Å². The van der Waals surface area contributed by atoms with Crippen molar-refractivity contribution in [3.05, 3.63) is 93.5 Å². The van der Waals surface area contributed by atoms with Crippen LogP contribution in [0.15, 0.2) is 71.7 Å². The summed E-state index contributed by atoms with van der Waals surface area (Å²) < 4.78 is 31.7. The van der Waals surface area contributed by atoms with E-state index < -0.39 is 15.9 Å². The normalized spacial score (nSPS) is 24.3. The van der Waals surface area contributed by atoms with Crippen molar-refractivity contribution in [1.82, 2.24) is 14.3 Å². The molecule has 3 aromatic rings. The molecule has 1 saturated heterocycles. The number of benzene rings is 3. The SMILES string of the molecule is CCOc1cc(C(C)(C)C)ccc1C1C[N@+](CCCS(C)(=O)=O)(c2ccc(Cl)cc2)[C@H](c2ccc(Cl)cc2)CN1C(=O)N1C=NC(C)C1C. The number of carbonyl (C=O) groups is 1. The Morgan fingerprint density at radius 2 is 1.63 bits per heavy atom. The molecule has 2 amide bonds. The summed E-state index contributed by atoms with van der Waals surface area (Å²) in [5.41, 5.74) is 3.92. The second-order valence-corrected chi connectivity index (χ2v) is 17.6. The van der Waals surface area contributed by atoms with Crippen LogP contribution in [0.1, 0.15) is 76.7 Å². The van der Waals surface area contributed by atoms with Crippen molar-refractivity contribution >= 4 is 51.1 Å². The fourth-order valence-corrected chi connectivity index (χ4v) is 8.04. The van der Waals surface area contributed by atoms with Crippen LogP contribution in [0.2, 0.25) is 10.0 Å². The summed E-state index contributed by atoms with van der Waals surface area (Å²) in [6, 6.07) is 21.0. The van der Waals surface area contributed by atoms with Crippen LogP contribution in [-0.4, -0.2) is 80.9 Å². The standard InChI is InChI=1S/C38H49Cl2N4O4S/c1-8-48-36-22-29(38(4,5)6)12-19-33(36)34-24-44(20-9-21-49(7,46)47,32-17-15-31(40)16-18-32)35(28-10-13-30(39)14-11-28)23-42(34)37(45)43-25-41-26(2)27(43)3/h10-19,22,25-27,34-35H,8-9,20-21,23-24H2,1-7H3/q+1/t26?,27?,34?,35-,44+/m0/s1. The number of carbonyl (C=O) groups excluding carboxylic acids is 1. The molecule has 0 N–H and O–H groups in total. The van der Waals surface area contributed by atoms with E-state index in [9.17, 15) is 13.2 Å². The summed E-state index contributed by atoms with van der Waals surface area (Å²) in [5.74, 6) is 0.787. The average molecular weight is 729 g/mol. The van der Waals surface area contributed by atoms with Crippen molar-refractivity contribution in [3.8, 4) is 5.75 Å². The van der Waals surface area contributed by atoms with E-state index in [-0.39, 0.29) is 35.3 Å². The Morgan fingerprint density at radius 1 is 1.00 bits per heavy atom. The molecule has 0 bridgehead atoms. The van der Waals surface area contributed by atoms with Crippen molar-refractivity contribution in [2.24, 2.45) is 4.99 Å². The molecule has 3 unspecified atom stereocenters. The Bertz CT molecular complexity index is 1780. The third-order valence-electron chi connectivity index (χ3n) is 10.1. The highest BCUT2D eigenvalue weighted by molar-refractivity contribution is 7.90. The van der Waals surface area contributed by atoms with Crippen LogP contribution in [-0.2, 0) is 15.3 Å². The zero-order chi connectivity index (χ0) is 35.7. The van der Waals surface area contributed by atoms with Gasteiger partial charge in [-0.15, -0.1) is 0 Å². The average Bonchev–Trinajstić information content (AvgIpc) is 3.37. The topological polar surface area (TPSA) is 79.3 Å². The van der Waals surface area contributed by atoms with Gasteiger partial charge in [-0.05, 0) is 62.1 Å². The quantitative estimate of drug-likeness (QED) is 0.207. The zero-order valence-electron chi connectivity index (χ0n) is 29.6. The molecule has 264 valence electrons. The van der Waals surface area contributed by atoms with E-state index in [0.29, 0.717) is 47.2 Å². The van der Waals surface area contributed by atoms with Crippen LogP contribution in [0, 0.1) is 0 Å². The number of nitrogens with zero attached hydrogens (tertiary/aromatic N) is 4. The van der Waals surface area contributed by atoms with E-state index in [1.165, 1.54) is 6.26 Å². The maximum atomic E-state index is 14.8. The second-order valence-electron chi connectivity index (χ2n) is 14.5. The number of hydrogen-bond donors (Lipinski definition) is 0. The number of amides is 2. The van der Waals surface area contributed by atoms with Gasteiger partial charge in [-0.25, -0.2) is 13.2 Å². The lowest BCUT2D eigenvalue weighted by Crippen LogP contribution is -2.66. The van der Waals surface area contributed by atoms with Gasteiger partial charge in [0.25, 0.3) is 0 Å². The fourth-order valence-electron chi connectivity index (χ4n) is 7.13. The van der Waals surface area contributed by atoms with E-state index >= 15 is 0 Å². The van der Waals surface area contributed by atoms with Crippen molar-refractivity contribution in [3.63, 3.8) is 0 Å². The molecule has 11 heteroatoms. The molecular formula is C38H49Cl2N4O4S+. The van der Waals surface area contributed by atoms with Crippen LogP contribution in [0.25, 0.3) is 0 Å². The van der Waals surface area contributed by atoms with Crippen molar-refractivity contribution in [1.29, 1.82) is 0 Å². The Labute approximate surface area is 302 Å². The van der Waals surface area contributed by atoms with Crippen LogP contribution in [0.5, 0.6) is 5.75 Å². The highest BCUT2D eigenvalue weighted by Crippen LogP contribution is 2.47. The lowest BCUT2D eigenvalue weighted by Gasteiger charge is -2.54. The molecule has 2 aliphatic rings. The number of hydrogen-bond acceptors (Lipinski definition) is 5. The van der Waals surface area contributed by atoms with Crippen molar-refractivity contribution in [2.75, 3.05) is 38.2 Å². The number of sulfone groups is 1. The van der Waals surface area contributed by atoms with Gasteiger partial charge < -0.3 is 9.64 Å². The molecule has 1 fully saturated rings. The molecule has 3 aromatic carbocycles. The van der Waals surface area contributed by atoms with Gasteiger partial charge in [0.05, 0.1) is 43.9 Å². The third kappa shape index (κ3) is 8.11. The maximum Gasteiger partial charge on any atom is 0.326 e. The summed E-state index contributed by atoms with van der Waals surface area (Å²) >= 11 is 12.8. The maximum absolute atomic E-state index is 14.8. The molecule has 8 nitrogen and oxygen atoms in total. The molecule has 0 saturated carbocycles. The van der Waals surface area contributed by atoms with E-state index in [0.717, 1.165) is 28.1 Å². The van der Waals surface area contributed by atoms with Gasteiger partial charge in [-0.1, -0.05) is 68.2 Å². The molecule has 49 heavy (non-hydrogen) atoms. The number of ether oxygens (including phenoxy) is 1.